The van der Waals surface area contributed by atoms with Crippen molar-refractivity contribution in [2.24, 2.45) is 5.41 Å². The van der Waals surface area contributed by atoms with E-state index in [1.54, 1.807) is 31.2 Å². The van der Waals surface area contributed by atoms with Crippen molar-refractivity contribution in [1.29, 1.82) is 0 Å². The van der Waals surface area contributed by atoms with Crippen LogP contribution in [0.15, 0.2) is 30.3 Å². The molecule has 1 aromatic rings. The second-order valence-electron chi connectivity index (χ2n) is 5.97. The van der Waals surface area contributed by atoms with Crippen LogP contribution in [-0.4, -0.2) is 34.5 Å². The van der Waals surface area contributed by atoms with Crippen molar-refractivity contribution in [3.05, 3.63) is 35.9 Å². The highest BCUT2D eigenvalue weighted by atomic mass is 16.4. The van der Waals surface area contributed by atoms with E-state index in [9.17, 15) is 19.5 Å². The number of amides is 3. The molecule has 6 nitrogen and oxygen atoms in total. The van der Waals surface area contributed by atoms with E-state index in [1.165, 1.54) is 18.7 Å². The molecule has 1 unspecified atom stereocenters. The van der Waals surface area contributed by atoms with Gasteiger partial charge in [-0.1, -0.05) is 30.3 Å². The van der Waals surface area contributed by atoms with E-state index >= 15 is 0 Å². The Labute approximate surface area is 122 Å². The van der Waals surface area contributed by atoms with Crippen molar-refractivity contribution in [3.8, 4) is 0 Å². The summed E-state index contributed by atoms with van der Waals surface area (Å²) in [4.78, 5) is 36.9. The molecule has 0 aliphatic carbocycles. The number of aliphatic carboxylic acids is 1. The van der Waals surface area contributed by atoms with E-state index in [0.717, 1.165) is 0 Å². The summed E-state index contributed by atoms with van der Waals surface area (Å²) >= 11 is 0. The molecule has 1 saturated heterocycles. The Morgan fingerprint density at radius 3 is 2.38 bits per heavy atom. The first-order valence-electron chi connectivity index (χ1n) is 6.61. The van der Waals surface area contributed by atoms with Crippen LogP contribution in [0.4, 0.5) is 4.79 Å². The first kappa shape index (κ1) is 15.0. The van der Waals surface area contributed by atoms with Crippen LogP contribution in [0.3, 0.4) is 0 Å². The highest BCUT2D eigenvalue weighted by Crippen LogP contribution is 2.35. The summed E-state index contributed by atoms with van der Waals surface area (Å²) in [6.45, 7) is 4.61. The zero-order chi connectivity index (χ0) is 15.8. The maximum atomic E-state index is 12.3. The number of hydrogen-bond acceptors (Lipinski definition) is 3. The summed E-state index contributed by atoms with van der Waals surface area (Å²) in [6, 6.07) is 8.29. The molecule has 2 N–H and O–H groups in total. The summed E-state index contributed by atoms with van der Waals surface area (Å²) in [6.07, 6.45) is 0. The third-order valence-corrected chi connectivity index (χ3v) is 3.92. The Morgan fingerprint density at radius 2 is 1.86 bits per heavy atom. The predicted octanol–water partition coefficient (Wildman–Crippen LogP) is 1.56. The quantitative estimate of drug-likeness (QED) is 0.824. The van der Waals surface area contributed by atoms with Gasteiger partial charge < -0.3 is 10.0 Å². The summed E-state index contributed by atoms with van der Waals surface area (Å²) in [7, 11) is 0. The van der Waals surface area contributed by atoms with Crippen LogP contribution in [0.1, 0.15) is 26.3 Å². The van der Waals surface area contributed by atoms with E-state index in [-0.39, 0.29) is 6.54 Å². The Morgan fingerprint density at radius 1 is 1.29 bits per heavy atom. The van der Waals surface area contributed by atoms with Crippen molar-refractivity contribution in [2.75, 3.05) is 6.54 Å². The number of benzene rings is 1. The second-order valence-corrected chi connectivity index (χ2v) is 5.97. The Bertz CT molecular complexity index is 597. The van der Waals surface area contributed by atoms with Gasteiger partial charge in [0.05, 0.1) is 5.41 Å². The smallest absolute Gasteiger partial charge is 0.325 e. The number of hydrogen-bond donors (Lipinski definition) is 2. The maximum absolute atomic E-state index is 12.3. The van der Waals surface area contributed by atoms with Crippen LogP contribution in [-0.2, 0) is 15.1 Å². The molecule has 2 rings (SSSR count). The zero-order valence-corrected chi connectivity index (χ0v) is 12.2. The van der Waals surface area contributed by atoms with Gasteiger partial charge in [-0.15, -0.1) is 0 Å². The molecule has 1 aromatic carbocycles. The van der Waals surface area contributed by atoms with Crippen LogP contribution in [0, 0.1) is 5.41 Å². The molecule has 1 atom stereocenters. The van der Waals surface area contributed by atoms with Crippen LogP contribution >= 0.6 is 0 Å². The van der Waals surface area contributed by atoms with Crippen molar-refractivity contribution in [3.63, 3.8) is 0 Å². The monoisotopic (exact) mass is 290 g/mol. The molecule has 0 saturated carbocycles. The molecule has 1 aliphatic rings. The Kier molecular flexibility index (Phi) is 3.49. The van der Waals surface area contributed by atoms with Gasteiger partial charge in [-0.2, -0.15) is 0 Å². The normalized spacial score (nSPS) is 22.3. The summed E-state index contributed by atoms with van der Waals surface area (Å²) in [5, 5.41) is 11.5. The molecule has 1 heterocycles. The third kappa shape index (κ3) is 2.37. The molecule has 112 valence electrons. The minimum Gasteiger partial charge on any atom is -0.481 e. The first-order chi connectivity index (χ1) is 9.69. The minimum absolute atomic E-state index is 0.0642. The molecule has 3 amide bonds. The number of nitrogens with zero attached hydrogens (tertiary/aromatic N) is 1. The number of urea groups is 1. The molecule has 0 spiro atoms. The molecule has 6 heteroatoms. The largest absolute Gasteiger partial charge is 0.481 e. The van der Waals surface area contributed by atoms with Crippen LogP contribution in [0.2, 0.25) is 0 Å². The summed E-state index contributed by atoms with van der Waals surface area (Å²) in [5.74, 6) is -1.47. The SMILES string of the molecule is CC(C)(CN1C(=O)NC(=O)C1(C)c1ccccc1)C(=O)O. The Balaban J connectivity index is 2.45. The number of carbonyl (C=O) groups is 3. The average Bonchev–Trinajstić information content (AvgIpc) is 2.64. The molecular formula is C15H18N2O4. The van der Waals surface area contributed by atoms with Gasteiger partial charge >= 0.3 is 12.0 Å². The second kappa shape index (κ2) is 4.87. The molecule has 0 aromatic heterocycles. The van der Waals surface area contributed by atoms with Crippen molar-refractivity contribution in [2.45, 2.75) is 26.3 Å². The Hall–Kier alpha value is -2.37. The fourth-order valence-corrected chi connectivity index (χ4v) is 2.35. The number of imide groups is 1. The van der Waals surface area contributed by atoms with E-state index in [0.29, 0.717) is 5.56 Å². The lowest BCUT2D eigenvalue weighted by Crippen LogP contribution is -2.49. The zero-order valence-electron chi connectivity index (χ0n) is 12.2. The summed E-state index contributed by atoms with van der Waals surface area (Å²) in [5.41, 5.74) is -1.71. The van der Waals surface area contributed by atoms with E-state index < -0.39 is 28.9 Å². The summed E-state index contributed by atoms with van der Waals surface area (Å²) < 4.78 is 0. The molecule has 1 aliphatic heterocycles. The lowest BCUT2D eigenvalue weighted by Gasteiger charge is -2.36. The molecule has 21 heavy (non-hydrogen) atoms. The highest BCUT2D eigenvalue weighted by Gasteiger charge is 2.52. The third-order valence-electron chi connectivity index (χ3n) is 3.92. The van der Waals surface area contributed by atoms with Gasteiger partial charge in [0.15, 0.2) is 0 Å². The van der Waals surface area contributed by atoms with Crippen LogP contribution < -0.4 is 5.32 Å². The first-order valence-corrected chi connectivity index (χ1v) is 6.61. The van der Waals surface area contributed by atoms with Crippen LogP contribution in [0.25, 0.3) is 0 Å². The van der Waals surface area contributed by atoms with Gasteiger partial charge in [0.1, 0.15) is 5.54 Å². The van der Waals surface area contributed by atoms with Gasteiger partial charge in [0, 0.05) is 6.54 Å². The lowest BCUT2D eigenvalue weighted by molar-refractivity contribution is -0.148. The number of nitrogens with one attached hydrogen (secondary N) is 1. The minimum atomic E-state index is -1.20. The predicted molar refractivity (Wildman–Crippen MR) is 75.5 cm³/mol. The highest BCUT2D eigenvalue weighted by molar-refractivity contribution is 6.07. The van der Waals surface area contributed by atoms with Gasteiger partial charge in [-0.05, 0) is 26.3 Å². The van der Waals surface area contributed by atoms with Gasteiger partial charge in [-0.3, -0.25) is 14.9 Å². The molecule has 1 fully saturated rings. The molecular weight excluding hydrogens is 272 g/mol. The van der Waals surface area contributed by atoms with Crippen molar-refractivity contribution in [1.82, 2.24) is 10.2 Å². The van der Waals surface area contributed by atoms with Crippen molar-refractivity contribution >= 4 is 17.9 Å². The fourth-order valence-electron chi connectivity index (χ4n) is 2.35. The van der Waals surface area contributed by atoms with Crippen molar-refractivity contribution < 1.29 is 19.5 Å². The maximum Gasteiger partial charge on any atom is 0.325 e. The lowest BCUT2D eigenvalue weighted by atomic mass is 9.86. The topological polar surface area (TPSA) is 86.7 Å². The number of carbonyl (C=O) groups excluding carboxylic acids is 2. The van der Waals surface area contributed by atoms with Gasteiger partial charge in [0.25, 0.3) is 5.91 Å². The van der Waals surface area contributed by atoms with E-state index in [1.807, 2.05) is 6.07 Å². The molecule has 0 bridgehead atoms. The fraction of sp³-hybridized carbons (Fsp3) is 0.400. The van der Waals surface area contributed by atoms with Gasteiger partial charge in [-0.25, -0.2) is 4.79 Å². The molecule has 0 radical (unpaired) electrons. The van der Waals surface area contributed by atoms with Crippen LogP contribution in [0.5, 0.6) is 0 Å². The number of carboxylic acid groups (broad SMARTS) is 1. The standard InChI is InChI=1S/C15H18N2O4/c1-14(2,12(19)20)9-17-13(21)16-11(18)15(17,3)10-7-5-4-6-8-10/h4-8H,9H2,1-3H3,(H,19,20)(H,16,18,21). The van der Waals surface area contributed by atoms with E-state index in [4.69, 9.17) is 0 Å². The van der Waals surface area contributed by atoms with E-state index in [2.05, 4.69) is 5.32 Å². The van der Waals surface area contributed by atoms with Gasteiger partial charge in [0.2, 0.25) is 0 Å². The number of carboxylic acids is 1. The number of rotatable bonds is 4. The average molecular weight is 290 g/mol.